The van der Waals surface area contributed by atoms with Gasteiger partial charge in [-0.1, -0.05) is 57.2 Å². The molecule has 5 heterocycles. The molecule has 5 aromatic rings. The minimum absolute atomic E-state index is 0.0458. The number of benzene rings is 2. The summed E-state index contributed by atoms with van der Waals surface area (Å²) < 4.78 is 0. The molecule has 0 radical (unpaired) electrons. The van der Waals surface area contributed by atoms with Crippen molar-refractivity contribution < 1.29 is 0 Å². The maximum atomic E-state index is 5.11. The van der Waals surface area contributed by atoms with Crippen molar-refractivity contribution in [3.8, 4) is 22.8 Å². The van der Waals surface area contributed by atoms with Gasteiger partial charge in [0.25, 0.3) is 0 Å². The summed E-state index contributed by atoms with van der Waals surface area (Å²) in [6.45, 7) is 6.70. The molecule has 7 rings (SSSR count). The first-order valence-corrected chi connectivity index (χ1v) is 13.1. The molecule has 5 nitrogen and oxygen atoms in total. The van der Waals surface area contributed by atoms with Crippen LogP contribution < -0.4 is 10.6 Å². The molecular weight excluding hydrogens is 466 g/mol. The highest BCUT2D eigenvalue weighted by atomic mass is 14.9. The number of hydrogen-bond donors (Lipinski definition) is 2. The van der Waals surface area contributed by atoms with E-state index in [0.717, 1.165) is 69.8 Å². The largest absolute Gasteiger partial charge is 0.354 e. The average Bonchev–Trinajstić information content (AvgIpc) is 2.93. The first-order valence-electron chi connectivity index (χ1n) is 13.1. The number of aromatic nitrogens is 3. The van der Waals surface area contributed by atoms with Crippen molar-refractivity contribution in [2.75, 3.05) is 10.6 Å². The number of nitrogens with zero attached hydrogens (tertiary/aromatic N) is 3. The van der Waals surface area contributed by atoms with Gasteiger partial charge in [-0.3, -0.25) is 0 Å². The Morgan fingerprint density at radius 1 is 0.526 bits per heavy atom. The van der Waals surface area contributed by atoms with E-state index < -0.39 is 0 Å². The van der Waals surface area contributed by atoms with Crippen LogP contribution in [0.15, 0.2) is 84.9 Å². The van der Waals surface area contributed by atoms with Crippen molar-refractivity contribution in [2.24, 2.45) is 0 Å². The van der Waals surface area contributed by atoms with Crippen molar-refractivity contribution in [3.63, 3.8) is 0 Å². The van der Waals surface area contributed by atoms with Gasteiger partial charge in [-0.15, -0.1) is 0 Å². The van der Waals surface area contributed by atoms with Gasteiger partial charge in [0.1, 0.15) is 0 Å². The fraction of sp³-hybridized carbons (Fsp3) is 0.182. The quantitative estimate of drug-likeness (QED) is 0.256. The summed E-state index contributed by atoms with van der Waals surface area (Å²) in [5.74, 6) is 0. The number of rotatable bonds is 2. The predicted molar refractivity (Wildman–Crippen MR) is 154 cm³/mol. The second-order valence-corrected chi connectivity index (χ2v) is 11.2. The van der Waals surface area contributed by atoms with E-state index in [-0.39, 0.29) is 5.41 Å². The van der Waals surface area contributed by atoms with Crippen LogP contribution in [0.3, 0.4) is 0 Å². The monoisotopic (exact) mass is 495 g/mol. The Morgan fingerprint density at radius 3 is 1.47 bits per heavy atom. The van der Waals surface area contributed by atoms with E-state index in [1.54, 1.807) is 0 Å². The van der Waals surface area contributed by atoms with Gasteiger partial charge >= 0.3 is 0 Å². The molecule has 0 aliphatic carbocycles. The standard InChI is InChI=1S/C33H29N5/c1-33(2,3)22-18-31(27-14-12-25-29(36-27)16-20-8-4-6-10-23(20)34-25)38-32(19-22)28-15-13-26-30(37-28)17-21-9-5-7-11-24(21)35-26/h4-15,18-19,34-35H,16-17H2,1-3H3. The molecule has 0 amide bonds. The van der Waals surface area contributed by atoms with Crippen molar-refractivity contribution in [1.82, 2.24) is 15.0 Å². The minimum Gasteiger partial charge on any atom is -0.354 e. The first kappa shape index (κ1) is 22.7. The summed E-state index contributed by atoms with van der Waals surface area (Å²) in [4.78, 5) is 15.3. The molecule has 3 aromatic heterocycles. The second kappa shape index (κ2) is 8.52. The van der Waals surface area contributed by atoms with Crippen molar-refractivity contribution >= 4 is 22.7 Å². The molecule has 0 unspecified atom stereocenters. The van der Waals surface area contributed by atoms with Crippen LogP contribution in [0, 0.1) is 0 Å². The topological polar surface area (TPSA) is 62.7 Å². The van der Waals surface area contributed by atoms with Crippen LogP contribution >= 0.6 is 0 Å². The highest BCUT2D eigenvalue weighted by Gasteiger charge is 2.22. The zero-order valence-electron chi connectivity index (χ0n) is 21.8. The van der Waals surface area contributed by atoms with E-state index in [0.29, 0.717) is 0 Å². The lowest BCUT2D eigenvalue weighted by molar-refractivity contribution is 0.590. The molecule has 38 heavy (non-hydrogen) atoms. The molecule has 0 bridgehead atoms. The summed E-state index contributed by atoms with van der Waals surface area (Å²) in [5.41, 5.74) is 13.7. The molecule has 2 aliphatic heterocycles. The summed E-state index contributed by atoms with van der Waals surface area (Å²) in [5, 5.41) is 7.06. The zero-order chi connectivity index (χ0) is 25.9. The third-order valence-electron chi connectivity index (χ3n) is 7.45. The third-order valence-corrected chi connectivity index (χ3v) is 7.45. The number of fused-ring (bicyclic) bond motifs is 4. The number of anilines is 4. The molecule has 186 valence electrons. The molecule has 5 heteroatoms. The van der Waals surface area contributed by atoms with E-state index in [1.165, 1.54) is 16.7 Å². The Morgan fingerprint density at radius 2 is 1.00 bits per heavy atom. The fourth-order valence-corrected chi connectivity index (χ4v) is 5.25. The van der Waals surface area contributed by atoms with E-state index in [4.69, 9.17) is 15.0 Å². The molecule has 2 N–H and O–H groups in total. The molecule has 0 atom stereocenters. The van der Waals surface area contributed by atoms with Gasteiger partial charge < -0.3 is 10.6 Å². The Labute approximate surface area is 223 Å². The van der Waals surface area contributed by atoms with Gasteiger partial charge in [0, 0.05) is 24.2 Å². The fourth-order valence-electron chi connectivity index (χ4n) is 5.25. The van der Waals surface area contributed by atoms with Crippen LogP contribution in [0.1, 0.15) is 48.8 Å². The number of nitrogens with one attached hydrogen (secondary N) is 2. The van der Waals surface area contributed by atoms with Crippen LogP contribution in [0.25, 0.3) is 22.8 Å². The lowest BCUT2D eigenvalue weighted by Crippen LogP contribution is -2.13. The maximum Gasteiger partial charge on any atom is 0.0897 e. The summed E-state index contributed by atoms with van der Waals surface area (Å²) in [6.07, 6.45) is 1.61. The van der Waals surface area contributed by atoms with Crippen molar-refractivity contribution in [1.29, 1.82) is 0 Å². The van der Waals surface area contributed by atoms with Crippen molar-refractivity contribution in [3.05, 3.63) is 113 Å². The van der Waals surface area contributed by atoms with Gasteiger partial charge in [0.15, 0.2) is 0 Å². The smallest absolute Gasteiger partial charge is 0.0897 e. The van der Waals surface area contributed by atoms with Crippen molar-refractivity contribution in [2.45, 2.75) is 39.0 Å². The van der Waals surface area contributed by atoms with Gasteiger partial charge in [-0.25, -0.2) is 15.0 Å². The second-order valence-electron chi connectivity index (χ2n) is 11.2. The molecule has 0 fully saturated rings. The SMILES string of the molecule is CC(C)(C)c1cc(-c2ccc3c(n2)Cc2ccccc2N3)nc(-c2ccc3c(n2)Cc2ccccc2N3)c1. The van der Waals surface area contributed by atoms with E-state index in [9.17, 15) is 0 Å². The van der Waals surface area contributed by atoms with E-state index in [2.05, 4.69) is 116 Å². The average molecular weight is 496 g/mol. The Bertz CT molecular complexity index is 1600. The van der Waals surface area contributed by atoms with Crippen LogP contribution in [0.5, 0.6) is 0 Å². The van der Waals surface area contributed by atoms with Gasteiger partial charge in [0.05, 0.1) is 45.5 Å². The van der Waals surface area contributed by atoms with E-state index >= 15 is 0 Å². The number of para-hydroxylation sites is 2. The highest BCUT2D eigenvalue weighted by molar-refractivity contribution is 5.74. The highest BCUT2D eigenvalue weighted by Crippen LogP contribution is 2.36. The predicted octanol–water partition coefficient (Wildman–Crippen LogP) is 7.80. The van der Waals surface area contributed by atoms with Crippen LogP contribution in [0.4, 0.5) is 22.7 Å². The molecule has 2 aromatic carbocycles. The molecule has 0 saturated heterocycles. The summed E-state index contributed by atoms with van der Waals surface area (Å²) in [6, 6.07) is 29.6. The zero-order valence-corrected chi connectivity index (χ0v) is 21.8. The maximum absolute atomic E-state index is 5.11. The minimum atomic E-state index is -0.0458. The van der Waals surface area contributed by atoms with Gasteiger partial charge in [-0.05, 0) is 70.6 Å². The van der Waals surface area contributed by atoms with Crippen LogP contribution in [0.2, 0.25) is 0 Å². The number of pyridine rings is 3. The molecule has 0 spiro atoms. The Balaban J connectivity index is 1.29. The lowest BCUT2D eigenvalue weighted by atomic mass is 9.86. The van der Waals surface area contributed by atoms with Gasteiger partial charge in [0.2, 0.25) is 0 Å². The third kappa shape index (κ3) is 4.01. The van der Waals surface area contributed by atoms with Gasteiger partial charge in [-0.2, -0.15) is 0 Å². The lowest BCUT2D eigenvalue weighted by Gasteiger charge is -2.23. The first-order chi connectivity index (χ1) is 18.4. The molecule has 2 aliphatic rings. The molecule has 0 saturated carbocycles. The normalized spacial score (nSPS) is 13.3. The van der Waals surface area contributed by atoms with Crippen LogP contribution in [-0.4, -0.2) is 15.0 Å². The van der Waals surface area contributed by atoms with Crippen LogP contribution in [-0.2, 0) is 18.3 Å². The summed E-state index contributed by atoms with van der Waals surface area (Å²) in [7, 11) is 0. The van der Waals surface area contributed by atoms with E-state index in [1.807, 2.05) is 0 Å². The molecular formula is C33H29N5. The Kier molecular flexibility index (Phi) is 5.08. The summed E-state index contributed by atoms with van der Waals surface area (Å²) >= 11 is 0. The Hall–Kier alpha value is -4.51. The number of hydrogen-bond acceptors (Lipinski definition) is 5.